The maximum absolute atomic E-state index is 9.90. The molecule has 0 saturated carbocycles. The topological polar surface area (TPSA) is 43.7 Å². The van der Waals surface area contributed by atoms with Crippen molar-refractivity contribution in [1.29, 1.82) is 0 Å². The maximum Gasteiger partial charge on any atom is 0.488 e. The van der Waals surface area contributed by atoms with E-state index >= 15 is 0 Å². The average Bonchev–Trinajstić information content (AvgIpc) is 3.18. The molecule has 0 radical (unpaired) electrons. The Morgan fingerprint density at radius 1 is 0.426 bits per heavy atom. The lowest BCUT2D eigenvalue weighted by Gasteiger charge is -2.23. The third-order valence-corrected chi connectivity index (χ3v) is 12.0. The Kier molecular flexibility index (Phi) is 22.5. The average molecular weight is 752 g/mol. The van der Waals surface area contributed by atoms with Crippen molar-refractivity contribution in [3.05, 3.63) is 89.5 Å². The minimum atomic E-state index is -1.46. The summed E-state index contributed by atoms with van der Waals surface area (Å²) in [6, 6.07) is 25.5. The number of fused-ring (bicyclic) bond motifs is 2. The Balaban J connectivity index is 1.06. The van der Waals surface area contributed by atoms with Gasteiger partial charge in [-0.2, -0.15) is 12.6 Å². The number of rotatable bonds is 31. The van der Waals surface area contributed by atoms with Crippen LogP contribution in [0, 0.1) is 0 Å². The first-order chi connectivity index (χ1) is 26.6. The van der Waals surface area contributed by atoms with E-state index in [-0.39, 0.29) is 0 Å². The lowest BCUT2D eigenvalue weighted by molar-refractivity contribution is 0.321. The number of hydrogen-bond acceptors (Lipinski definition) is 4. The van der Waals surface area contributed by atoms with Gasteiger partial charge in [-0.15, -0.1) is 0 Å². The summed E-state index contributed by atoms with van der Waals surface area (Å²) in [5.41, 5.74) is 4.37. The van der Waals surface area contributed by atoms with Gasteiger partial charge in [-0.3, -0.25) is 4.90 Å². The molecule has 0 amide bonds. The summed E-state index contributed by atoms with van der Waals surface area (Å²) in [7, 11) is 0.664. The molecule has 5 heteroatoms. The fraction of sp³-hybridized carbons (Fsp3) is 0.592. The van der Waals surface area contributed by atoms with Crippen LogP contribution in [-0.4, -0.2) is 34.9 Å². The molecule has 3 nitrogen and oxygen atoms in total. The number of thiol groups is 1. The van der Waals surface area contributed by atoms with E-state index in [1.807, 2.05) is 18.2 Å². The van der Waals surface area contributed by atoms with Gasteiger partial charge in [0.2, 0.25) is 0 Å². The molecule has 0 aliphatic carbocycles. The second kappa shape index (κ2) is 27.3. The first-order valence-corrected chi connectivity index (χ1v) is 22.9. The largest absolute Gasteiger partial charge is 0.488 e. The lowest BCUT2D eigenvalue weighted by Crippen LogP contribution is -2.35. The van der Waals surface area contributed by atoms with E-state index < -0.39 is 7.12 Å². The number of nitrogens with zero attached hydrogens (tertiary/aromatic N) is 1. The summed E-state index contributed by atoms with van der Waals surface area (Å²) in [5, 5.41) is 25.3. The Bertz CT molecular complexity index is 1520. The van der Waals surface area contributed by atoms with Gasteiger partial charge in [0.05, 0.1) is 0 Å². The summed E-state index contributed by atoms with van der Waals surface area (Å²) >= 11 is 4.30. The maximum atomic E-state index is 9.90. The van der Waals surface area contributed by atoms with E-state index in [1.54, 1.807) is 6.07 Å². The molecule has 0 unspecified atom stereocenters. The number of benzene rings is 4. The van der Waals surface area contributed by atoms with E-state index in [9.17, 15) is 10.0 Å². The summed E-state index contributed by atoms with van der Waals surface area (Å²) in [6.07, 6.45) is 35.0. The highest BCUT2D eigenvalue weighted by molar-refractivity contribution is 7.80. The first kappa shape index (κ1) is 44.4. The molecule has 4 rings (SSSR count). The molecule has 0 spiro atoms. The van der Waals surface area contributed by atoms with Crippen molar-refractivity contribution >= 4 is 46.8 Å². The van der Waals surface area contributed by atoms with E-state index in [2.05, 4.69) is 73.1 Å². The smallest absolute Gasteiger partial charge is 0.423 e. The van der Waals surface area contributed by atoms with E-state index in [1.165, 1.54) is 187 Å². The predicted octanol–water partition coefficient (Wildman–Crippen LogP) is 13.1. The molecule has 0 aliphatic rings. The molecule has 0 bridgehead atoms. The van der Waals surface area contributed by atoms with Crippen molar-refractivity contribution in [1.82, 2.24) is 4.90 Å². The van der Waals surface area contributed by atoms with Crippen LogP contribution in [0.15, 0.2) is 72.8 Å². The monoisotopic (exact) mass is 752 g/mol. The zero-order valence-electron chi connectivity index (χ0n) is 34.1. The van der Waals surface area contributed by atoms with Crippen molar-refractivity contribution in [2.24, 2.45) is 0 Å². The molecule has 0 fully saturated rings. The van der Waals surface area contributed by atoms with Crippen LogP contribution in [0.25, 0.3) is 21.5 Å². The SMILES string of the molecule is CN(Cc1ccccc1B(O)O)Cc1c2ccccc2c(CCCCCCCCCCCCCCCCCCCCCCCCCCS)c2ccccc12. The van der Waals surface area contributed by atoms with Gasteiger partial charge in [-0.1, -0.05) is 214 Å². The van der Waals surface area contributed by atoms with Crippen LogP contribution >= 0.6 is 12.6 Å². The Labute approximate surface area is 336 Å². The van der Waals surface area contributed by atoms with Crippen LogP contribution < -0.4 is 5.46 Å². The molecule has 0 heterocycles. The molecular weight excluding hydrogens is 677 g/mol. The first-order valence-electron chi connectivity index (χ1n) is 22.2. The number of hydrogen-bond donors (Lipinski definition) is 3. The van der Waals surface area contributed by atoms with E-state index in [4.69, 9.17) is 0 Å². The fourth-order valence-corrected chi connectivity index (χ4v) is 8.82. The highest BCUT2D eigenvalue weighted by Gasteiger charge is 2.18. The molecule has 0 aliphatic heterocycles. The number of unbranched alkanes of at least 4 members (excludes halogenated alkanes) is 23. The molecule has 0 saturated heterocycles. The van der Waals surface area contributed by atoms with Crippen molar-refractivity contribution < 1.29 is 10.0 Å². The molecule has 54 heavy (non-hydrogen) atoms. The fourth-order valence-electron chi connectivity index (χ4n) is 8.60. The Hall–Kier alpha value is -2.31. The molecule has 4 aromatic carbocycles. The molecule has 296 valence electrons. The van der Waals surface area contributed by atoms with Crippen molar-refractivity contribution in [2.45, 2.75) is 174 Å². The van der Waals surface area contributed by atoms with Gasteiger partial charge in [-0.05, 0) is 75.8 Å². The standard InChI is InChI=1S/C49H74BNO2S/c1-51(40-42-32-25-30-38-49(42)50(52)53)41-48-46-36-28-26-34-44(46)43(45-35-27-29-37-47(45)48)33-24-22-20-18-16-14-12-10-8-6-4-2-3-5-7-9-11-13-15-17-19-21-23-31-39-54/h25-30,32,34-38,52-54H,2-24,31,33,39-41H2,1H3. The third-order valence-electron chi connectivity index (χ3n) is 11.7. The summed E-state index contributed by atoms with van der Waals surface area (Å²) in [4.78, 5) is 2.29. The van der Waals surface area contributed by atoms with Crippen molar-refractivity contribution in [2.75, 3.05) is 12.8 Å². The second-order valence-corrected chi connectivity index (χ2v) is 16.7. The normalized spacial score (nSPS) is 11.7. The van der Waals surface area contributed by atoms with Gasteiger partial charge in [0.15, 0.2) is 0 Å². The van der Waals surface area contributed by atoms with E-state index in [0.29, 0.717) is 12.0 Å². The molecule has 0 aromatic heterocycles. The van der Waals surface area contributed by atoms with Gasteiger partial charge in [0, 0.05) is 13.1 Å². The molecular formula is C49H74BNO2S. The van der Waals surface area contributed by atoms with Crippen molar-refractivity contribution in [3.8, 4) is 0 Å². The Morgan fingerprint density at radius 3 is 1.15 bits per heavy atom. The molecule has 2 N–H and O–H groups in total. The summed E-state index contributed by atoms with van der Waals surface area (Å²) < 4.78 is 0. The zero-order chi connectivity index (χ0) is 38.1. The highest BCUT2D eigenvalue weighted by atomic mass is 32.1. The van der Waals surface area contributed by atoms with Gasteiger partial charge >= 0.3 is 7.12 Å². The van der Waals surface area contributed by atoms with E-state index in [0.717, 1.165) is 24.3 Å². The third kappa shape index (κ3) is 16.0. The van der Waals surface area contributed by atoms with Crippen molar-refractivity contribution in [3.63, 3.8) is 0 Å². The Morgan fingerprint density at radius 2 is 0.759 bits per heavy atom. The minimum absolute atomic E-state index is 0.578. The molecule has 4 aromatic rings. The van der Waals surface area contributed by atoms with Gasteiger partial charge in [0.1, 0.15) is 0 Å². The summed E-state index contributed by atoms with van der Waals surface area (Å²) in [5.74, 6) is 1.05. The van der Waals surface area contributed by atoms with Crippen LogP contribution in [0.5, 0.6) is 0 Å². The summed E-state index contributed by atoms with van der Waals surface area (Å²) in [6.45, 7) is 1.44. The van der Waals surface area contributed by atoms with Gasteiger partial charge in [0.25, 0.3) is 0 Å². The quantitative estimate of drug-likeness (QED) is 0.0208. The zero-order valence-corrected chi connectivity index (χ0v) is 35.0. The van der Waals surface area contributed by atoms with Crippen LogP contribution in [0.4, 0.5) is 0 Å². The van der Waals surface area contributed by atoms with Crippen LogP contribution in [0.2, 0.25) is 0 Å². The molecule has 0 atom stereocenters. The van der Waals surface area contributed by atoms with Gasteiger partial charge in [-0.25, -0.2) is 0 Å². The lowest BCUT2D eigenvalue weighted by atomic mass is 9.77. The second-order valence-electron chi connectivity index (χ2n) is 16.3. The van der Waals surface area contributed by atoms with Crippen LogP contribution in [0.1, 0.15) is 171 Å². The van der Waals surface area contributed by atoms with Crippen LogP contribution in [-0.2, 0) is 19.5 Å². The minimum Gasteiger partial charge on any atom is -0.423 e. The highest BCUT2D eigenvalue weighted by Crippen LogP contribution is 2.35. The predicted molar refractivity (Wildman–Crippen MR) is 241 cm³/mol. The van der Waals surface area contributed by atoms with Gasteiger partial charge < -0.3 is 10.0 Å². The number of aryl methyl sites for hydroxylation is 1. The van der Waals surface area contributed by atoms with Crippen LogP contribution in [0.3, 0.4) is 0 Å².